The van der Waals surface area contributed by atoms with Crippen LogP contribution in [0.1, 0.15) is 37.0 Å². The van der Waals surface area contributed by atoms with Crippen LogP contribution in [0.15, 0.2) is 30.6 Å². The van der Waals surface area contributed by atoms with Crippen molar-refractivity contribution >= 4 is 5.91 Å². The average molecular weight is 284 g/mol. The van der Waals surface area contributed by atoms with Crippen LogP contribution in [0.2, 0.25) is 0 Å². The second kappa shape index (κ2) is 5.68. The van der Waals surface area contributed by atoms with Gasteiger partial charge in [-0.1, -0.05) is 19.1 Å². The molecule has 2 atom stereocenters. The highest BCUT2D eigenvalue weighted by molar-refractivity contribution is 5.94. The summed E-state index contributed by atoms with van der Waals surface area (Å²) in [5.74, 6) is 1.55. The highest BCUT2D eigenvalue weighted by Gasteiger charge is 2.27. The Balaban J connectivity index is 1.76. The Hall–Kier alpha value is -2.17. The second-order valence-corrected chi connectivity index (χ2v) is 5.89. The van der Waals surface area contributed by atoms with Gasteiger partial charge in [0.05, 0.1) is 0 Å². The molecule has 5 heteroatoms. The van der Waals surface area contributed by atoms with Gasteiger partial charge in [0.1, 0.15) is 6.33 Å². The van der Waals surface area contributed by atoms with E-state index in [0.717, 1.165) is 30.5 Å². The lowest BCUT2D eigenvalue weighted by molar-refractivity contribution is 0.0588. The molecule has 1 aliphatic heterocycles. The molecule has 2 aromatic rings. The minimum Gasteiger partial charge on any atom is -0.336 e. The summed E-state index contributed by atoms with van der Waals surface area (Å²) in [5, 5.41) is 6.66. The minimum absolute atomic E-state index is 0.124. The summed E-state index contributed by atoms with van der Waals surface area (Å²) < 4.78 is 0. The van der Waals surface area contributed by atoms with E-state index in [1.807, 2.05) is 29.2 Å². The van der Waals surface area contributed by atoms with E-state index in [4.69, 9.17) is 0 Å². The van der Waals surface area contributed by atoms with Crippen LogP contribution in [0.3, 0.4) is 0 Å². The molecule has 0 radical (unpaired) electrons. The Kier molecular flexibility index (Phi) is 3.73. The van der Waals surface area contributed by atoms with Crippen LogP contribution in [0.4, 0.5) is 0 Å². The van der Waals surface area contributed by atoms with E-state index < -0.39 is 0 Å². The van der Waals surface area contributed by atoms with Crippen LogP contribution in [-0.4, -0.2) is 38.6 Å². The van der Waals surface area contributed by atoms with Crippen molar-refractivity contribution in [3.05, 3.63) is 36.2 Å². The van der Waals surface area contributed by atoms with E-state index in [1.165, 1.54) is 6.33 Å². The Bertz CT molecular complexity index is 606. The average Bonchev–Trinajstić information content (AvgIpc) is 3.01. The van der Waals surface area contributed by atoms with Gasteiger partial charge in [-0.15, -0.1) is 0 Å². The van der Waals surface area contributed by atoms with Crippen molar-refractivity contribution in [1.82, 2.24) is 20.1 Å². The monoisotopic (exact) mass is 284 g/mol. The molecule has 5 nitrogen and oxygen atoms in total. The number of carbonyl (C=O) groups excluding carboxylic acids is 1. The number of nitrogens with one attached hydrogen (secondary N) is 1. The second-order valence-electron chi connectivity index (χ2n) is 5.89. The van der Waals surface area contributed by atoms with Crippen molar-refractivity contribution in [2.24, 2.45) is 5.92 Å². The van der Waals surface area contributed by atoms with Gasteiger partial charge in [-0.2, -0.15) is 5.10 Å². The van der Waals surface area contributed by atoms with Crippen molar-refractivity contribution < 1.29 is 4.79 Å². The number of benzene rings is 1. The van der Waals surface area contributed by atoms with Crippen molar-refractivity contribution in [3.63, 3.8) is 0 Å². The van der Waals surface area contributed by atoms with Crippen molar-refractivity contribution in [1.29, 1.82) is 0 Å². The molecule has 0 saturated carbocycles. The summed E-state index contributed by atoms with van der Waals surface area (Å²) in [5.41, 5.74) is 1.67. The molecule has 0 unspecified atom stereocenters. The normalized spacial score (nSPS) is 22.3. The maximum absolute atomic E-state index is 12.6. The summed E-state index contributed by atoms with van der Waals surface area (Å²) in [6.45, 7) is 5.24. The van der Waals surface area contributed by atoms with Gasteiger partial charge in [-0.25, -0.2) is 4.98 Å². The third-order valence-corrected chi connectivity index (χ3v) is 4.22. The van der Waals surface area contributed by atoms with Crippen LogP contribution in [0, 0.1) is 5.92 Å². The molecule has 0 bridgehead atoms. The van der Waals surface area contributed by atoms with Crippen LogP contribution in [-0.2, 0) is 0 Å². The molecule has 1 amide bonds. The largest absolute Gasteiger partial charge is 0.336 e. The molecule has 1 aromatic carbocycles. The fourth-order valence-corrected chi connectivity index (χ4v) is 2.99. The number of likely N-dealkylation sites (tertiary alicyclic amines) is 1. The summed E-state index contributed by atoms with van der Waals surface area (Å²) >= 11 is 0. The first-order valence-corrected chi connectivity index (χ1v) is 7.42. The molecule has 1 aliphatic rings. The van der Waals surface area contributed by atoms with Gasteiger partial charge in [0.2, 0.25) is 0 Å². The fourth-order valence-electron chi connectivity index (χ4n) is 2.99. The molecule has 1 fully saturated rings. The zero-order chi connectivity index (χ0) is 14.8. The molecule has 21 heavy (non-hydrogen) atoms. The molecule has 0 aliphatic carbocycles. The van der Waals surface area contributed by atoms with Gasteiger partial charge in [0, 0.05) is 23.7 Å². The lowest BCUT2D eigenvalue weighted by atomic mass is 9.93. The topological polar surface area (TPSA) is 61.9 Å². The van der Waals surface area contributed by atoms with E-state index in [-0.39, 0.29) is 5.91 Å². The van der Waals surface area contributed by atoms with Crippen LogP contribution in [0.25, 0.3) is 11.4 Å². The third kappa shape index (κ3) is 2.82. The highest BCUT2D eigenvalue weighted by Crippen LogP contribution is 2.24. The Morgan fingerprint density at radius 3 is 2.67 bits per heavy atom. The first-order chi connectivity index (χ1) is 10.1. The van der Waals surface area contributed by atoms with E-state index >= 15 is 0 Å². The van der Waals surface area contributed by atoms with E-state index in [1.54, 1.807) is 0 Å². The van der Waals surface area contributed by atoms with Gasteiger partial charge in [-0.05, 0) is 37.8 Å². The maximum Gasteiger partial charge on any atom is 0.254 e. The number of rotatable bonds is 2. The molecular formula is C16H20N4O. The summed E-state index contributed by atoms with van der Waals surface area (Å²) in [4.78, 5) is 18.7. The Morgan fingerprint density at radius 2 is 2.05 bits per heavy atom. The first kappa shape index (κ1) is 13.8. The van der Waals surface area contributed by atoms with E-state index in [9.17, 15) is 4.79 Å². The molecule has 2 heterocycles. The molecular weight excluding hydrogens is 264 g/mol. The number of carbonyl (C=O) groups is 1. The third-order valence-electron chi connectivity index (χ3n) is 4.22. The number of aromatic nitrogens is 3. The van der Waals surface area contributed by atoms with E-state index in [2.05, 4.69) is 29.0 Å². The Labute approximate surface area is 124 Å². The standard InChI is InChI=1S/C16H20N4O/c1-11-7-8-20(12(2)9-11)16(21)14-5-3-13(4-6-14)15-17-10-18-19-15/h3-6,10-12H,7-9H2,1-2H3,(H,17,18,19)/t11-,12+/m0/s1. The summed E-state index contributed by atoms with van der Waals surface area (Å²) in [6, 6.07) is 7.86. The number of H-pyrrole nitrogens is 1. The molecule has 110 valence electrons. The predicted molar refractivity (Wildman–Crippen MR) is 80.7 cm³/mol. The van der Waals surface area contributed by atoms with Gasteiger partial charge in [0.25, 0.3) is 5.91 Å². The Morgan fingerprint density at radius 1 is 1.29 bits per heavy atom. The molecule has 1 aromatic heterocycles. The summed E-state index contributed by atoms with van der Waals surface area (Å²) in [7, 11) is 0. The van der Waals surface area contributed by atoms with E-state index in [0.29, 0.717) is 17.8 Å². The highest BCUT2D eigenvalue weighted by atomic mass is 16.2. The minimum atomic E-state index is 0.124. The number of hydrogen-bond acceptors (Lipinski definition) is 3. The quantitative estimate of drug-likeness (QED) is 0.922. The van der Waals surface area contributed by atoms with Crippen molar-refractivity contribution in [3.8, 4) is 11.4 Å². The number of amides is 1. The maximum atomic E-state index is 12.6. The van der Waals surface area contributed by atoms with Crippen LogP contribution >= 0.6 is 0 Å². The predicted octanol–water partition coefficient (Wildman–Crippen LogP) is 2.73. The van der Waals surface area contributed by atoms with Crippen LogP contribution < -0.4 is 0 Å². The van der Waals surface area contributed by atoms with Crippen LogP contribution in [0.5, 0.6) is 0 Å². The smallest absolute Gasteiger partial charge is 0.254 e. The van der Waals surface area contributed by atoms with Gasteiger partial charge in [-0.3, -0.25) is 9.89 Å². The van der Waals surface area contributed by atoms with Crippen molar-refractivity contribution in [2.45, 2.75) is 32.7 Å². The fraction of sp³-hybridized carbons (Fsp3) is 0.438. The summed E-state index contributed by atoms with van der Waals surface area (Å²) in [6.07, 6.45) is 3.65. The number of aromatic amines is 1. The van der Waals surface area contributed by atoms with Gasteiger partial charge >= 0.3 is 0 Å². The molecule has 1 saturated heterocycles. The lowest BCUT2D eigenvalue weighted by Crippen LogP contribution is -2.44. The lowest BCUT2D eigenvalue weighted by Gasteiger charge is -2.36. The van der Waals surface area contributed by atoms with Crippen molar-refractivity contribution in [2.75, 3.05) is 6.54 Å². The zero-order valence-electron chi connectivity index (χ0n) is 12.4. The number of hydrogen-bond donors (Lipinski definition) is 1. The van der Waals surface area contributed by atoms with Gasteiger partial charge < -0.3 is 4.90 Å². The number of nitrogens with zero attached hydrogens (tertiary/aromatic N) is 3. The molecule has 3 rings (SSSR count). The molecule has 0 spiro atoms. The van der Waals surface area contributed by atoms with Gasteiger partial charge in [0.15, 0.2) is 5.82 Å². The first-order valence-electron chi connectivity index (χ1n) is 7.42. The SMILES string of the molecule is C[C@H]1CCN(C(=O)c2ccc(-c3ncn[nH]3)cc2)[C@H](C)C1. The molecule has 1 N–H and O–H groups in total. The zero-order valence-corrected chi connectivity index (χ0v) is 12.4. The number of piperidine rings is 1.